The molecule has 2 nitrogen and oxygen atoms in total. The van der Waals surface area contributed by atoms with Gasteiger partial charge < -0.3 is 9.32 Å². The topological polar surface area (TPSA) is 16.4 Å². The van der Waals surface area contributed by atoms with E-state index in [9.17, 15) is 0 Å². The highest BCUT2D eigenvalue weighted by molar-refractivity contribution is 7.26. The standard InChI is InChI=1S/C40H25NOS/c1-2-12-29(13-3-1)41(34-16-9-18-36-40(34)32-14-6-7-17-35(32)42-36)30-22-20-26(21-23-30)31-15-8-19-37-39(31)33-24-27-10-4-5-11-28(27)25-38(33)43-37/h1-25H. The minimum Gasteiger partial charge on any atom is -0.456 e. The summed E-state index contributed by atoms with van der Waals surface area (Å²) in [5.74, 6) is 0. The highest BCUT2D eigenvalue weighted by Gasteiger charge is 2.19. The van der Waals surface area contributed by atoms with Crippen molar-refractivity contribution in [1.82, 2.24) is 0 Å². The second kappa shape index (κ2) is 9.59. The van der Waals surface area contributed by atoms with Gasteiger partial charge in [0, 0.05) is 36.9 Å². The monoisotopic (exact) mass is 567 g/mol. The van der Waals surface area contributed by atoms with Crippen molar-refractivity contribution in [2.75, 3.05) is 4.90 Å². The predicted molar refractivity (Wildman–Crippen MR) is 184 cm³/mol. The van der Waals surface area contributed by atoms with E-state index in [2.05, 4.69) is 144 Å². The van der Waals surface area contributed by atoms with E-state index in [-0.39, 0.29) is 0 Å². The number of fused-ring (bicyclic) bond motifs is 7. The molecule has 0 bridgehead atoms. The van der Waals surface area contributed by atoms with Gasteiger partial charge in [0.2, 0.25) is 0 Å². The zero-order valence-corrected chi connectivity index (χ0v) is 24.0. The Bertz CT molecular complexity index is 2450. The second-order valence-electron chi connectivity index (χ2n) is 10.9. The summed E-state index contributed by atoms with van der Waals surface area (Å²) in [6, 6.07) is 54.2. The molecule has 0 spiro atoms. The van der Waals surface area contributed by atoms with Crippen molar-refractivity contribution >= 4 is 81.3 Å². The van der Waals surface area contributed by atoms with Gasteiger partial charge >= 0.3 is 0 Å². The summed E-state index contributed by atoms with van der Waals surface area (Å²) < 4.78 is 8.90. The van der Waals surface area contributed by atoms with Crippen LogP contribution in [0.5, 0.6) is 0 Å². The number of benzene rings is 7. The lowest BCUT2D eigenvalue weighted by atomic mass is 9.98. The molecular weight excluding hydrogens is 543 g/mol. The summed E-state index contributed by atoms with van der Waals surface area (Å²) in [6.07, 6.45) is 0. The summed E-state index contributed by atoms with van der Waals surface area (Å²) in [4.78, 5) is 2.33. The molecule has 9 rings (SSSR count). The Balaban J connectivity index is 1.22. The van der Waals surface area contributed by atoms with Gasteiger partial charge in [0.05, 0.1) is 11.1 Å². The van der Waals surface area contributed by atoms with E-state index in [1.165, 1.54) is 42.1 Å². The normalized spacial score (nSPS) is 11.7. The van der Waals surface area contributed by atoms with E-state index >= 15 is 0 Å². The molecule has 0 radical (unpaired) electrons. The van der Waals surface area contributed by atoms with Crippen LogP contribution in [0.3, 0.4) is 0 Å². The number of hydrogen-bond donors (Lipinski definition) is 0. The average molecular weight is 568 g/mol. The summed E-state index contributed by atoms with van der Waals surface area (Å²) in [5.41, 5.74) is 7.56. The van der Waals surface area contributed by atoms with Crippen LogP contribution in [0.2, 0.25) is 0 Å². The fourth-order valence-corrected chi connectivity index (χ4v) is 7.65. The molecule has 43 heavy (non-hydrogen) atoms. The number of para-hydroxylation sites is 2. The third-order valence-electron chi connectivity index (χ3n) is 8.44. The van der Waals surface area contributed by atoms with Crippen molar-refractivity contribution in [2.24, 2.45) is 0 Å². The molecule has 202 valence electrons. The lowest BCUT2D eigenvalue weighted by Crippen LogP contribution is -2.10. The highest BCUT2D eigenvalue weighted by Crippen LogP contribution is 2.45. The Hall–Kier alpha value is -5.38. The van der Waals surface area contributed by atoms with Gasteiger partial charge in [-0.3, -0.25) is 0 Å². The largest absolute Gasteiger partial charge is 0.456 e. The number of rotatable bonds is 4. The van der Waals surface area contributed by atoms with Crippen LogP contribution in [0.4, 0.5) is 17.1 Å². The van der Waals surface area contributed by atoms with Crippen molar-refractivity contribution < 1.29 is 4.42 Å². The van der Waals surface area contributed by atoms with Crippen molar-refractivity contribution in [3.8, 4) is 11.1 Å². The Labute approximate surface area is 252 Å². The Morgan fingerprint density at radius 3 is 2.02 bits per heavy atom. The summed E-state index contributed by atoms with van der Waals surface area (Å²) in [6.45, 7) is 0. The van der Waals surface area contributed by atoms with Gasteiger partial charge in [-0.15, -0.1) is 11.3 Å². The van der Waals surface area contributed by atoms with Crippen molar-refractivity contribution in [2.45, 2.75) is 0 Å². The molecule has 0 atom stereocenters. The number of hydrogen-bond acceptors (Lipinski definition) is 3. The van der Waals surface area contributed by atoms with Crippen molar-refractivity contribution in [3.05, 3.63) is 152 Å². The molecule has 0 aliphatic heterocycles. The molecule has 3 heteroatoms. The first-order valence-corrected chi connectivity index (χ1v) is 15.3. The molecule has 0 aliphatic rings. The van der Waals surface area contributed by atoms with E-state index in [4.69, 9.17) is 4.42 Å². The molecule has 0 saturated carbocycles. The lowest BCUT2D eigenvalue weighted by molar-refractivity contribution is 0.669. The molecule has 0 N–H and O–H groups in total. The molecule has 0 fully saturated rings. The first-order valence-electron chi connectivity index (χ1n) is 14.5. The van der Waals surface area contributed by atoms with Crippen LogP contribution in [0, 0.1) is 0 Å². The third-order valence-corrected chi connectivity index (χ3v) is 9.55. The molecular formula is C40H25NOS. The van der Waals surface area contributed by atoms with Crippen LogP contribution in [0.1, 0.15) is 0 Å². The number of furan rings is 1. The van der Waals surface area contributed by atoms with Crippen LogP contribution in [0.15, 0.2) is 156 Å². The van der Waals surface area contributed by atoms with Gasteiger partial charge in [0.15, 0.2) is 0 Å². The van der Waals surface area contributed by atoms with Gasteiger partial charge in [-0.1, -0.05) is 91.0 Å². The first-order chi connectivity index (χ1) is 21.3. The third kappa shape index (κ3) is 3.86. The maximum atomic E-state index is 6.26. The van der Waals surface area contributed by atoms with Crippen LogP contribution in [-0.2, 0) is 0 Å². The SMILES string of the molecule is c1ccc(N(c2ccc(-c3cccc4sc5cc6ccccc6cc5c34)cc2)c2cccc3oc4ccccc4c23)cc1. The number of thiophene rings is 1. The smallest absolute Gasteiger partial charge is 0.137 e. The van der Waals surface area contributed by atoms with Crippen LogP contribution < -0.4 is 4.90 Å². The van der Waals surface area contributed by atoms with Gasteiger partial charge in [-0.2, -0.15) is 0 Å². The predicted octanol–water partition coefficient (Wildman–Crippen LogP) is 12.2. The quantitative estimate of drug-likeness (QED) is 0.210. The number of nitrogens with zero attached hydrogens (tertiary/aromatic N) is 1. The second-order valence-corrected chi connectivity index (χ2v) is 12.0. The summed E-state index contributed by atoms with van der Waals surface area (Å²) in [7, 11) is 0. The first kappa shape index (κ1) is 24.2. The van der Waals surface area contributed by atoms with Crippen molar-refractivity contribution in [3.63, 3.8) is 0 Å². The van der Waals surface area contributed by atoms with Gasteiger partial charge in [0.25, 0.3) is 0 Å². The van der Waals surface area contributed by atoms with Gasteiger partial charge in [-0.25, -0.2) is 0 Å². The molecule has 0 amide bonds. The van der Waals surface area contributed by atoms with Crippen LogP contribution in [0.25, 0.3) is 64.0 Å². The molecule has 7 aromatic carbocycles. The summed E-state index contributed by atoms with van der Waals surface area (Å²) in [5, 5.41) is 7.45. The summed E-state index contributed by atoms with van der Waals surface area (Å²) >= 11 is 1.87. The highest BCUT2D eigenvalue weighted by atomic mass is 32.1. The van der Waals surface area contributed by atoms with E-state index in [1.807, 2.05) is 23.5 Å². The van der Waals surface area contributed by atoms with Gasteiger partial charge in [-0.05, 0) is 82.6 Å². The van der Waals surface area contributed by atoms with Crippen molar-refractivity contribution in [1.29, 1.82) is 0 Å². The molecule has 9 aromatic rings. The van der Waals surface area contributed by atoms with E-state index < -0.39 is 0 Å². The minimum atomic E-state index is 0.889. The zero-order chi connectivity index (χ0) is 28.3. The maximum Gasteiger partial charge on any atom is 0.137 e. The molecule has 0 saturated heterocycles. The van der Waals surface area contributed by atoms with E-state index in [0.29, 0.717) is 0 Å². The van der Waals surface area contributed by atoms with E-state index in [1.54, 1.807) is 0 Å². The van der Waals surface area contributed by atoms with Gasteiger partial charge in [0.1, 0.15) is 11.2 Å². The number of anilines is 3. The lowest BCUT2D eigenvalue weighted by Gasteiger charge is -2.26. The zero-order valence-electron chi connectivity index (χ0n) is 23.2. The fourth-order valence-electron chi connectivity index (χ4n) is 6.49. The van der Waals surface area contributed by atoms with Crippen LogP contribution in [-0.4, -0.2) is 0 Å². The molecule has 2 heterocycles. The Morgan fingerprint density at radius 2 is 1.16 bits per heavy atom. The molecule has 0 unspecified atom stereocenters. The fraction of sp³-hybridized carbons (Fsp3) is 0. The molecule has 2 aromatic heterocycles. The molecule has 0 aliphatic carbocycles. The maximum absolute atomic E-state index is 6.26. The Morgan fingerprint density at radius 1 is 0.465 bits per heavy atom. The van der Waals surface area contributed by atoms with E-state index in [0.717, 1.165) is 39.0 Å². The average Bonchev–Trinajstić information content (AvgIpc) is 3.63. The minimum absolute atomic E-state index is 0.889. The Kier molecular flexibility index (Phi) is 5.40. The van der Waals surface area contributed by atoms with Crippen LogP contribution >= 0.6 is 11.3 Å².